The van der Waals surface area contributed by atoms with Gasteiger partial charge in [-0.15, -0.1) is 0 Å². The van der Waals surface area contributed by atoms with Gasteiger partial charge in [-0.2, -0.15) is 18.2 Å². The van der Waals surface area contributed by atoms with E-state index in [9.17, 15) is 18.0 Å². The average Bonchev–Trinajstić information content (AvgIpc) is 2.85. The second-order valence-electron chi connectivity index (χ2n) is 4.43. The van der Waals surface area contributed by atoms with Crippen molar-refractivity contribution in [3.63, 3.8) is 0 Å². The van der Waals surface area contributed by atoms with Crippen LogP contribution in [0, 0.1) is 6.92 Å². The highest BCUT2D eigenvalue weighted by molar-refractivity contribution is 5.90. The molecule has 1 N–H and O–H groups in total. The quantitative estimate of drug-likeness (QED) is 0.942. The number of halogens is 3. The lowest BCUT2D eigenvalue weighted by atomic mass is 10.2. The first-order valence-electron chi connectivity index (χ1n) is 6.11. The standard InChI is InChI=1S/C13H12F3N3O2/c1-8-3-2-4-9(7-8)17-11(20)6-5-10-18-12(21-19-10)13(14,15)16/h2-4,7H,5-6H2,1H3,(H,17,20). The minimum Gasteiger partial charge on any atom is -0.329 e. The number of aromatic nitrogens is 2. The Kier molecular flexibility index (Phi) is 4.25. The molecule has 21 heavy (non-hydrogen) atoms. The van der Waals surface area contributed by atoms with Gasteiger partial charge in [0.1, 0.15) is 0 Å². The van der Waals surface area contributed by atoms with Gasteiger partial charge in [0.2, 0.25) is 5.91 Å². The van der Waals surface area contributed by atoms with E-state index >= 15 is 0 Å². The van der Waals surface area contributed by atoms with E-state index in [0.29, 0.717) is 5.69 Å². The van der Waals surface area contributed by atoms with E-state index < -0.39 is 12.1 Å². The molecule has 0 radical (unpaired) electrons. The van der Waals surface area contributed by atoms with Gasteiger partial charge in [0.05, 0.1) is 0 Å². The van der Waals surface area contributed by atoms with E-state index in [1.54, 1.807) is 18.2 Å². The van der Waals surface area contributed by atoms with E-state index in [0.717, 1.165) is 5.56 Å². The van der Waals surface area contributed by atoms with Crippen molar-refractivity contribution in [2.45, 2.75) is 25.9 Å². The first-order chi connectivity index (χ1) is 9.84. The summed E-state index contributed by atoms with van der Waals surface area (Å²) in [5.74, 6) is -1.89. The molecule has 1 amide bonds. The lowest BCUT2D eigenvalue weighted by molar-refractivity contribution is -0.159. The van der Waals surface area contributed by atoms with Crippen molar-refractivity contribution in [3.8, 4) is 0 Å². The Morgan fingerprint density at radius 3 is 2.76 bits per heavy atom. The molecule has 0 bridgehead atoms. The van der Waals surface area contributed by atoms with E-state index in [4.69, 9.17) is 0 Å². The maximum absolute atomic E-state index is 12.2. The van der Waals surface area contributed by atoms with Crippen LogP contribution in [0.1, 0.15) is 23.7 Å². The fourth-order valence-electron chi connectivity index (χ4n) is 1.64. The van der Waals surface area contributed by atoms with Crippen LogP contribution < -0.4 is 5.32 Å². The summed E-state index contributed by atoms with van der Waals surface area (Å²) >= 11 is 0. The lowest BCUT2D eigenvalue weighted by Gasteiger charge is -2.04. The molecule has 0 aliphatic carbocycles. The number of carbonyl (C=O) groups is 1. The maximum Gasteiger partial charge on any atom is 0.471 e. The Balaban J connectivity index is 1.88. The fraction of sp³-hybridized carbons (Fsp3) is 0.308. The van der Waals surface area contributed by atoms with Crippen molar-refractivity contribution >= 4 is 11.6 Å². The normalized spacial score (nSPS) is 11.4. The third kappa shape index (κ3) is 4.30. The van der Waals surface area contributed by atoms with Crippen LogP contribution in [0.2, 0.25) is 0 Å². The molecule has 0 fully saturated rings. The molecule has 8 heteroatoms. The minimum absolute atomic E-state index is 0.0305. The fourth-order valence-corrected chi connectivity index (χ4v) is 1.64. The molecule has 0 unspecified atom stereocenters. The summed E-state index contributed by atoms with van der Waals surface area (Å²) in [7, 11) is 0. The van der Waals surface area contributed by atoms with Crippen molar-refractivity contribution in [2.24, 2.45) is 0 Å². The highest BCUT2D eigenvalue weighted by Crippen LogP contribution is 2.27. The van der Waals surface area contributed by atoms with Gasteiger partial charge in [-0.1, -0.05) is 17.3 Å². The van der Waals surface area contributed by atoms with Gasteiger partial charge in [0.15, 0.2) is 5.82 Å². The van der Waals surface area contributed by atoms with Gasteiger partial charge < -0.3 is 9.84 Å². The summed E-state index contributed by atoms with van der Waals surface area (Å²) in [5.41, 5.74) is 1.62. The van der Waals surface area contributed by atoms with Crippen LogP contribution in [-0.4, -0.2) is 16.0 Å². The zero-order valence-corrected chi connectivity index (χ0v) is 11.1. The number of alkyl halides is 3. The van der Waals surface area contributed by atoms with Crippen molar-refractivity contribution in [1.29, 1.82) is 0 Å². The van der Waals surface area contributed by atoms with Gasteiger partial charge in [-0.25, -0.2) is 0 Å². The van der Waals surface area contributed by atoms with Gasteiger partial charge in [0.25, 0.3) is 0 Å². The van der Waals surface area contributed by atoms with Crippen LogP contribution in [0.15, 0.2) is 28.8 Å². The summed E-state index contributed by atoms with van der Waals surface area (Å²) in [5, 5.41) is 5.83. The van der Waals surface area contributed by atoms with Gasteiger partial charge >= 0.3 is 12.1 Å². The number of nitrogens with one attached hydrogen (secondary N) is 1. The highest BCUT2D eigenvalue weighted by Gasteiger charge is 2.38. The van der Waals surface area contributed by atoms with Crippen molar-refractivity contribution in [3.05, 3.63) is 41.5 Å². The van der Waals surface area contributed by atoms with E-state index in [2.05, 4.69) is 20.0 Å². The number of hydrogen-bond acceptors (Lipinski definition) is 4. The smallest absolute Gasteiger partial charge is 0.329 e. The van der Waals surface area contributed by atoms with Crippen LogP contribution >= 0.6 is 0 Å². The molecule has 112 valence electrons. The third-order valence-electron chi connectivity index (χ3n) is 2.59. The molecule has 1 aromatic carbocycles. The molecule has 0 spiro atoms. The van der Waals surface area contributed by atoms with Crippen molar-refractivity contribution < 1.29 is 22.5 Å². The summed E-state index contributed by atoms with van der Waals surface area (Å²) in [6.07, 6.45) is -4.74. The molecule has 0 aliphatic heterocycles. The lowest BCUT2D eigenvalue weighted by Crippen LogP contribution is -2.13. The van der Waals surface area contributed by atoms with Crippen LogP contribution in [0.3, 0.4) is 0 Å². The number of benzene rings is 1. The molecule has 0 saturated heterocycles. The Labute approximate surface area is 118 Å². The zero-order chi connectivity index (χ0) is 15.5. The molecular weight excluding hydrogens is 287 g/mol. The highest BCUT2D eigenvalue weighted by atomic mass is 19.4. The van der Waals surface area contributed by atoms with Crippen molar-refractivity contribution in [2.75, 3.05) is 5.32 Å². The molecule has 0 saturated carbocycles. The summed E-state index contributed by atoms with van der Waals surface area (Å²) in [6, 6.07) is 7.18. The van der Waals surface area contributed by atoms with Crippen molar-refractivity contribution in [1.82, 2.24) is 10.1 Å². The largest absolute Gasteiger partial charge is 0.471 e. The number of aryl methyl sites for hydroxylation is 2. The van der Waals surface area contributed by atoms with Gasteiger partial charge in [-0.3, -0.25) is 4.79 Å². The number of anilines is 1. The molecule has 0 atom stereocenters. The summed E-state index contributed by atoms with van der Waals surface area (Å²) in [6.45, 7) is 1.88. The van der Waals surface area contributed by atoms with E-state index in [1.165, 1.54) is 0 Å². The SMILES string of the molecule is Cc1cccc(NC(=O)CCc2noc(C(F)(F)F)n2)c1. The third-order valence-corrected chi connectivity index (χ3v) is 2.59. The van der Waals surface area contributed by atoms with Gasteiger partial charge in [0, 0.05) is 18.5 Å². The topological polar surface area (TPSA) is 68.0 Å². The minimum atomic E-state index is -4.67. The first-order valence-corrected chi connectivity index (χ1v) is 6.11. The van der Waals surface area contributed by atoms with Crippen LogP contribution in [-0.2, 0) is 17.4 Å². The number of hydrogen-bond donors (Lipinski definition) is 1. The molecule has 2 rings (SSSR count). The second-order valence-corrected chi connectivity index (χ2v) is 4.43. The molecule has 5 nitrogen and oxygen atoms in total. The molecule has 2 aromatic rings. The monoisotopic (exact) mass is 299 g/mol. The number of nitrogens with zero attached hydrogens (tertiary/aromatic N) is 2. The van der Waals surface area contributed by atoms with Crippen LogP contribution in [0.4, 0.5) is 18.9 Å². The summed E-state index contributed by atoms with van der Waals surface area (Å²) < 4.78 is 40.8. The molecule has 1 aromatic heterocycles. The number of rotatable bonds is 4. The Hall–Kier alpha value is -2.38. The molecule has 0 aliphatic rings. The Morgan fingerprint density at radius 1 is 1.38 bits per heavy atom. The van der Waals surface area contributed by atoms with Crippen LogP contribution in [0.25, 0.3) is 0 Å². The van der Waals surface area contributed by atoms with E-state index in [-0.39, 0.29) is 24.6 Å². The maximum atomic E-state index is 12.2. The van der Waals surface area contributed by atoms with Gasteiger partial charge in [-0.05, 0) is 24.6 Å². The van der Waals surface area contributed by atoms with Crippen LogP contribution in [0.5, 0.6) is 0 Å². The number of carbonyl (C=O) groups excluding carboxylic acids is 1. The number of amides is 1. The Bertz CT molecular complexity index is 638. The molecule has 1 heterocycles. The predicted octanol–water partition coefficient (Wildman–Crippen LogP) is 2.97. The Morgan fingerprint density at radius 2 is 2.14 bits per heavy atom. The first kappa shape index (κ1) is 15.0. The zero-order valence-electron chi connectivity index (χ0n) is 11.1. The average molecular weight is 299 g/mol. The molecular formula is C13H12F3N3O2. The van der Waals surface area contributed by atoms with E-state index in [1.807, 2.05) is 13.0 Å². The predicted molar refractivity (Wildman–Crippen MR) is 67.4 cm³/mol. The second kappa shape index (κ2) is 5.94. The summed E-state index contributed by atoms with van der Waals surface area (Å²) in [4.78, 5) is 14.9.